The Balaban J connectivity index is 2.07. The Labute approximate surface area is 161 Å². The van der Waals surface area contributed by atoms with Gasteiger partial charge in [0.05, 0.1) is 12.2 Å². The maximum absolute atomic E-state index is 12.8. The van der Waals surface area contributed by atoms with Crippen LogP contribution in [0, 0.1) is 0 Å². The standard InChI is InChI=1S/C20H22BrNO4/c1-12-17(20(24)26-11-10-25-2)18(13-6-3-4-7-14(13)21)19-15(22-12)8-5-9-16(19)23/h3-4,6-7,18,22H,5,8-11H2,1-2H3/t18-/m0/s1. The van der Waals surface area contributed by atoms with E-state index in [0.717, 1.165) is 34.3 Å². The van der Waals surface area contributed by atoms with Gasteiger partial charge in [-0.25, -0.2) is 4.79 Å². The molecule has 0 spiro atoms. The van der Waals surface area contributed by atoms with E-state index in [1.54, 1.807) is 7.11 Å². The van der Waals surface area contributed by atoms with Crippen molar-refractivity contribution in [2.45, 2.75) is 32.1 Å². The van der Waals surface area contributed by atoms with E-state index < -0.39 is 11.9 Å². The fourth-order valence-electron chi connectivity index (χ4n) is 3.57. The number of ether oxygens (including phenoxy) is 2. The number of methoxy groups -OCH3 is 1. The number of Topliss-reactive ketones (excluding diaryl/α,β-unsaturated/α-hetero) is 1. The predicted octanol–water partition coefficient (Wildman–Crippen LogP) is 3.61. The SMILES string of the molecule is COCCOC(=O)C1=C(C)NC2=C(C(=O)CCC2)[C@H]1c1ccccc1Br. The second kappa shape index (κ2) is 8.18. The summed E-state index contributed by atoms with van der Waals surface area (Å²) in [5.41, 5.74) is 3.74. The topological polar surface area (TPSA) is 64.6 Å². The number of hydrogen-bond donors (Lipinski definition) is 1. The van der Waals surface area contributed by atoms with Gasteiger partial charge in [0, 0.05) is 40.9 Å². The number of ketones is 1. The van der Waals surface area contributed by atoms with Gasteiger partial charge in [-0.1, -0.05) is 34.1 Å². The van der Waals surface area contributed by atoms with Crippen LogP contribution in [0.1, 0.15) is 37.7 Å². The second-order valence-electron chi connectivity index (χ2n) is 6.42. The maximum Gasteiger partial charge on any atom is 0.336 e. The monoisotopic (exact) mass is 419 g/mol. The highest BCUT2D eigenvalue weighted by Crippen LogP contribution is 2.44. The van der Waals surface area contributed by atoms with Crippen molar-refractivity contribution in [1.82, 2.24) is 5.32 Å². The molecule has 0 saturated carbocycles. The predicted molar refractivity (Wildman–Crippen MR) is 101 cm³/mol. The number of carbonyl (C=O) groups is 2. The molecular weight excluding hydrogens is 398 g/mol. The Hall–Kier alpha value is -1.92. The van der Waals surface area contributed by atoms with Crippen LogP contribution in [-0.4, -0.2) is 32.1 Å². The quantitative estimate of drug-likeness (QED) is 0.583. The third-order valence-corrected chi connectivity index (χ3v) is 5.45. The molecule has 0 amide bonds. The van der Waals surface area contributed by atoms with E-state index in [-0.39, 0.29) is 12.4 Å². The van der Waals surface area contributed by atoms with Crippen molar-refractivity contribution in [2.24, 2.45) is 0 Å². The van der Waals surface area contributed by atoms with E-state index in [4.69, 9.17) is 9.47 Å². The molecule has 1 aromatic carbocycles. The fourth-order valence-corrected chi connectivity index (χ4v) is 4.08. The number of hydrogen-bond acceptors (Lipinski definition) is 5. The van der Waals surface area contributed by atoms with Crippen LogP contribution < -0.4 is 5.32 Å². The number of benzene rings is 1. The molecule has 26 heavy (non-hydrogen) atoms. The van der Waals surface area contributed by atoms with Crippen LogP contribution in [0.3, 0.4) is 0 Å². The molecular formula is C20H22BrNO4. The highest BCUT2D eigenvalue weighted by atomic mass is 79.9. The van der Waals surface area contributed by atoms with E-state index in [0.29, 0.717) is 24.2 Å². The largest absolute Gasteiger partial charge is 0.460 e. The molecule has 1 aromatic rings. The van der Waals surface area contributed by atoms with Crippen molar-refractivity contribution in [2.75, 3.05) is 20.3 Å². The van der Waals surface area contributed by atoms with E-state index in [2.05, 4.69) is 21.2 Å². The highest BCUT2D eigenvalue weighted by molar-refractivity contribution is 9.10. The zero-order chi connectivity index (χ0) is 18.7. The van der Waals surface area contributed by atoms with Gasteiger partial charge in [-0.2, -0.15) is 0 Å². The summed E-state index contributed by atoms with van der Waals surface area (Å²) in [6, 6.07) is 7.70. The minimum Gasteiger partial charge on any atom is -0.460 e. The van der Waals surface area contributed by atoms with Crippen LogP contribution in [-0.2, 0) is 19.1 Å². The number of nitrogens with one attached hydrogen (secondary N) is 1. The van der Waals surface area contributed by atoms with Gasteiger partial charge < -0.3 is 14.8 Å². The molecule has 0 radical (unpaired) electrons. The van der Waals surface area contributed by atoms with E-state index in [1.165, 1.54) is 0 Å². The van der Waals surface area contributed by atoms with E-state index in [9.17, 15) is 9.59 Å². The number of carbonyl (C=O) groups excluding carboxylic acids is 2. The molecule has 1 N–H and O–H groups in total. The molecule has 0 saturated heterocycles. The Morgan fingerprint density at radius 3 is 2.77 bits per heavy atom. The highest BCUT2D eigenvalue weighted by Gasteiger charge is 2.39. The van der Waals surface area contributed by atoms with E-state index >= 15 is 0 Å². The lowest BCUT2D eigenvalue weighted by atomic mass is 9.75. The lowest BCUT2D eigenvalue weighted by molar-refractivity contribution is -0.140. The van der Waals surface area contributed by atoms with Gasteiger partial charge in [-0.15, -0.1) is 0 Å². The first-order chi connectivity index (χ1) is 12.5. The Kier molecular flexibility index (Phi) is 5.94. The van der Waals surface area contributed by atoms with Crippen LogP contribution >= 0.6 is 15.9 Å². The smallest absolute Gasteiger partial charge is 0.336 e. The van der Waals surface area contributed by atoms with Crippen LogP contribution in [0.4, 0.5) is 0 Å². The van der Waals surface area contributed by atoms with Crippen molar-refractivity contribution in [3.8, 4) is 0 Å². The van der Waals surface area contributed by atoms with Gasteiger partial charge in [0.15, 0.2) is 5.78 Å². The average molecular weight is 420 g/mol. The zero-order valence-electron chi connectivity index (χ0n) is 14.9. The van der Waals surface area contributed by atoms with Gasteiger partial charge >= 0.3 is 5.97 Å². The van der Waals surface area contributed by atoms with Crippen LogP contribution in [0.2, 0.25) is 0 Å². The van der Waals surface area contributed by atoms with Gasteiger partial charge in [0.1, 0.15) is 6.61 Å². The Bertz CT molecular complexity index is 797. The van der Waals surface area contributed by atoms with Gasteiger partial charge in [-0.3, -0.25) is 4.79 Å². The van der Waals surface area contributed by atoms with Gasteiger partial charge in [-0.05, 0) is 31.4 Å². The third-order valence-electron chi connectivity index (χ3n) is 4.73. The van der Waals surface area contributed by atoms with Crippen molar-refractivity contribution in [3.63, 3.8) is 0 Å². The van der Waals surface area contributed by atoms with Crippen molar-refractivity contribution in [1.29, 1.82) is 0 Å². The number of esters is 1. The number of rotatable bonds is 5. The summed E-state index contributed by atoms with van der Waals surface area (Å²) in [5, 5.41) is 3.28. The molecule has 3 rings (SSSR count). The average Bonchev–Trinajstić information content (AvgIpc) is 2.61. The molecule has 0 unspecified atom stereocenters. The first-order valence-electron chi connectivity index (χ1n) is 8.69. The van der Waals surface area contributed by atoms with Crippen molar-refractivity contribution in [3.05, 3.63) is 56.8 Å². The lowest BCUT2D eigenvalue weighted by Gasteiger charge is -2.34. The van der Waals surface area contributed by atoms with Crippen LogP contribution in [0.15, 0.2) is 51.3 Å². The normalized spacial score (nSPS) is 20.0. The molecule has 1 aliphatic heterocycles. The molecule has 0 bridgehead atoms. The van der Waals surface area contributed by atoms with Gasteiger partial charge in [0.25, 0.3) is 0 Å². The lowest BCUT2D eigenvalue weighted by Crippen LogP contribution is -2.34. The molecule has 0 fully saturated rings. The molecule has 1 atom stereocenters. The molecule has 5 nitrogen and oxygen atoms in total. The zero-order valence-corrected chi connectivity index (χ0v) is 16.5. The summed E-state index contributed by atoms with van der Waals surface area (Å²) >= 11 is 3.58. The van der Waals surface area contributed by atoms with Crippen molar-refractivity contribution < 1.29 is 19.1 Å². The molecule has 1 heterocycles. The second-order valence-corrected chi connectivity index (χ2v) is 7.27. The van der Waals surface area contributed by atoms with Crippen LogP contribution in [0.5, 0.6) is 0 Å². The first-order valence-corrected chi connectivity index (χ1v) is 9.48. The summed E-state index contributed by atoms with van der Waals surface area (Å²) in [4.78, 5) is 25.6. The summed E-state index contributed by atoms with van der Waals surface area (Å²) in [7, 11) is 1.56. The Morgan fingerprint density at radius 1 is 1.27 bits per heavy atom. The summed E-state index contributed by atoms with van der Waals surface area (Å²) in [5.74, 6) is -0.753. The molecule has 138 valence electrons. The number of halogens is 1. The van der Waals surface area contributed by atoms with Gasteiger partial charge in [0.2, 0.25) is 0 Å². The molecule has 2 aliphatic rings. The molecule has 1 aliphatic carbocycles. The van der Waals surface area contributed by atoms with Crippen molar-refractivity contribution >= 4 is 27.7 Å². The Morgan fingerprint density at radius 2 is 2.04 bits per heavy atom. The first kappa shape index (κ1) is 18.9. The number of allylic oxidation sites excluding steroid dienone is 3. The third kappa shape index (κ3) is 3.62. The van der Waals surface area contributed by atoms with E-state index in [1.807, 2.05) is 31.2 Å². The minimum absolute atomic E-state index is 0.0918. The van der Waals surface area contributed by atoms with Crippen LogP contribution in [0.25, 0.3) is 0 Å². The fraction of sp³-hybridized carbons (Fsp3) is 0.400. The maximum atomic E-state index is 12.8. The molecule has 6 heteroatoms. The number of dihydropyridines is 1. The summed E-state index contributed by atoms with van der Waals surface area (Å²) in [6.07, 6.45) is 2.14. The summed E-state index contributed by atoms with van der Waals surface area (Å²) < 4.78 is 11.2. The summed E-state index contributed by atoms with van der Waals surface area (Å²) in [6.45, 7) is 2.37. The minimum atomic E-state index is -0.426. The molecule has 0 aromatic heterocycles.